The summed E-state index contributed by atoms with van der Waals surface area (Å²) in [6.07, 6.45) is -4.49. The van der Waals surface area contributed by atoms with Gasteiger partial charge in [0.05, 0.1) is 6.20 Å². The van der Waals surface area contributed by atoms with Crippen molar-refractivity contribution in [3.8, 4) is 5.75 Å². The SMILES string of the molecule is Nc1ncc(OC(F)(F)F)c(F)c1Cl. The molecule has 0 aliphatic heterocycles. The molecule has 0 aliphatic rings. The van der Waals surface area contributed by atoms with E-state index in [0.717, 1.165) is 0 Å². The third-order valence-corrected chi connectivity index (χ3v) is 1.54. The molecule has 2 N–H and O–H groups in total. The number of hydrogen-bond acceptors (Lipinski definition) is 3. The average Bonchev–Trinajstić information content (AvgIpc) is 2.04. The first kappa shape index (κ1) is 10.8. The fourth-order valence-electron chi connectivity index (χ4n) is 0.658. The molecule has 1 heterocycles. The predicted octanol–water partition coefficient (Wildman–Crippen LogP) is 2.35. The molecule has 3 nitrogen and oxygen atoms in total. The van der Waals surface area contributed by atoms with Crippen LogP contribution in [0.1, 0.15) is 0 Å². The summed E-state index contributed by atoms with van der Waals surface area (Å²) in [5, 5.41) is -0.702. The molecule has 1 aromatic rings. The van der Waals surface area contributed by atoms with Crippen molar-refractivity contribution in [2.45, 2.75) is 6.36 Å². The first-order valence-electron chi connectivity index (χ1n) is 3.16. The summed E-state index contributed by atoms with van der Waals surface area (Å²) in [5.41, 5.74) is 5.03. The van der Waals surface area contributed by atoms with Crippen LogP contribution in [-0.4, -0.2) is 11.3 Å². The van der Waals surface area contributed by atoms with Crippen molar-refractivity contribution in [2.75, 3.05) is 5.73 Å². The van der Waals surface area contributed by atoms with E-state index in [-0.39, 0.29) is 0 Å². The summed E-state index contributed by atoms with van der Waals surface area (Å²) in [5.74, 6) is -2.91. The monoisotopic (exact) mass is 230 g/mol. The second-order valence-corrected chi connectivity index (χ2v) is 2.56. The number of aromatic nitrogens is 1. The highest BCUT2D eigenvalue weighted by atomic mass is 35.5. The highest BCUT2D eigenvalue weighted by Gasteiger charge is 2.33. The van der Waals surface area contributed by atoms with Gasteiger partial charge in [0, 0.05) is 0 Å². The van der Waals surface area contributed by atoms with Gasteiger partial charge >= 0.3 is 6.36 Å². The normalized spacial score (nSPS) is 11.5. The Bertz CT molecular complexity index is 354. The standard InChI is InChI=1S/C6H3ClF4N2O/c7-3-4(8)2(1-13-5(3)12)14-6(9,10)11/h1H,(H2,12,13). The van der Waals surface area contributed by atoms with Crippen LogP contribution >= 0.6 is 11.6 Å². The molecule has 0 spiro atoms. The molecule has 0 saturated heterocycles. The van der Waals surface area contributed by atoms with Crippen molar-refractivity contribution in [2.24, 2.45) is 0 Å². The van der Waals surface area contributed by atoms with E-state index >= 15 is 0 Å². The molecule has 1 rings (SSSR count). The maximum absolute atomic E-state index is 12.9. The number of nitrogen functional groups attached to an aromatic ring is 1. The largest absolute Gasteiger partial charge is 0.573 e. The third-order valence-electron chi connectivity index (χ3n) is 1.18. The molecule has 0 unspecified atom stereocenters. The average molecular weight is 231 g/mol. The lowest BCUT2D eigenvalue weighted by Crippen LogP contribution is -2.18. The molecule has 0 radical (unpaired) electrons. The minimum atomic E-state index is -5.00. The van der Waals surface area contributed by atoms with Crippen LogP contribution in [0.5, 0.6) is 5.75 Å². The highest BCUT2D eigenvalue weighted by Crippen LogP contribution is 2.31. The second kappa shape index (κ2) is 3.49. The predicted molar refractivity (Wildman–Crippen MR) is 40.3 cm³/mol. The summed E-state index contributed by atoms with van der Waals surface area (Å²) in [6, 6.07) is 0. The lowest BCUT2D eigenvalue weighted by molar-refractivity contribution is -0.275. The number of nitrogens with two attached hydrogens (primary N) is 1. The molecule has 0 atom stereocenters. The van der Waals surface area contributed by atoms with Crippen LogP contribution in [0.25, 0.3) is 0 Å². The quantitative estimate of drug-likeness (QED) is 0.754. The van der Waals surface area contributed by atoms with E-state index in [2.05, 4.69) is 9.72 Å². The first-order valence-corrected chi connectivity index (χ1v) is 3.54. The Morgan fingerprint density at radius 2 is 2.00 bits per heavy atom. The van der Waals surface area contributed by atoms with Gasteiger partial charge < -0.3 is 10.5 Å². The van der Waals surface area contributed by atoms with Gasteiger partial charge in [-0.2, -0.15) is 0 Å². The Balaban J connectivity index is 3.06. The maximum Gasteiger partial charge on any atom is 0.573 e. The van der Waals surface area contributed by atoms with Crippen molar-refractivity contribution in [1.29, 1.82) is 0 Å². The smallest absolute Gasteiger partial charge is 0.401 e. The number of nitrogens with zero attached hydrogens (tertiary/aromatic N) is 1. The topological polar surface area (TPSA) is 48.1 Å². The van der Waals surface area contributed by atoms with Gasteiger partial charge in [-0.3, -0.25) is 0 Å². The molecule has 78 valence electrons. The van der Waals surface area contributed by atoms with E-state index in [1.807, 2.05) is 0 Å². The second-order valence-electron chi connectivity index (χ2n) is 2.18. The van der Waals surface area contributed by atoms with Gasteiger partial charge in [-0.15, -0.1) is 13.2 Å². The zero-order chi connectivity index (χ0) is 10.9. The zero-order valence-corrected chi connectivity index (χ0v) is 7.16. The molecular weight excluding hydrogens is 228 g/mol. The lowest BCUT2D eigenvalue weighted by atomic mass is 10.4. The summed E-state index contributed by atoms with van der Waals surface area (Å²) < 4.78 is 51.2. The van der Waals surface area contributed by atoms with E-state index in [1.54, 1.807) is 0 Å². The maximum atomic E-state index is 12.9. The van der Waals surface area contributed by atoms with Crippen LogP contribution in [0.15, 0.2) is 6.20 Å². The van der Waals surface area contributed by atoms with Crippen molar-refractivity contribution in [1.82, 2.24) is 4.98 Å². The fourth-order valence-corrected chi connectivity index (χ4v) is 0.800. The Kier molecular flexibility index (Phi) is 2.70. The Hall–Kier alpha value is -1.24. The van der Waals surface area contributed by atoms with Crippen molar-refractivity contribution in [3.63, 3.8) is 0 Å². The van der Waals surface area contributed by atoms with Crippen LogP contribution < -0.4 is 10.5 Å². The van der Waals surface area contributed by atoms with Crippen molar-refractivity contribution >= 4 is 17.4 Å². The van der Waals surface area contributed by atoms with E-state index < -0.39 is 28.8 Å². The molecule has 8 heteroatoms. The van der Waals surface area contributed by atoms with Crippen LogP contribution in [0.2, 0.25) is 5.02 Å². The van der Waals surface area contributed by atoms with Crippen LogP contribution in [-0.2, 0) is 0 Å². The van der Waals surface area contributed by atoms with Crippen molar-refractivity contribution in [3.05, 3.63) is 17.0 Å². The molecule has 0 fully saturated rings. The Labute approximate surface area is 80.4 Å². The molecule has 0 aliphatic carbocycles. The minimum Gasteiger partial charge on any atom is -0.401 e. The molecule has 0 bridgehead atoms. The van der Waals surface area contributed by atoms with Gasteiger partial charge in [0.15, 0.2) is 11.6 Å². The number of ether oxygens (including phenoxy) is 1. The summed E-state index contributed by atoms with van der Waals surface area (Å²) in [4.78, 5) is 3.20. The van der Waals surface area contributed by atoms with Crippen LogP contribution in [0.3, 0.4) is 0 Å². The van der Waals surface area contributed by atoms with Gasteiger partial charge in [0.25, 0.3) is 0 Å². The number of anilines is 1. The highest BCUT2D eigenvalue weighted by molar-refractivity contribution is 6.33. The number of pyridine rings is 1. The fraction of sp³-hybridized carbons (Fsp3) is 0.167. The molecule has 1 aromatic heterocycles. The summed E-state index contributed by atoms with van der Waals surface area (Å²) in [7, 11) is 0. The van der Waals surface area contributed by atoms with E-state index in [0.29, 0.717) is 6.20 Å². The van der Waals surface area contributed by atoms with Gasteiger partial charge in [-0.1, -0.05) is 11.6 Å². The number of hydrogen-bond donors (Lipinski definition) is 1. The minimum absolute atomic E-state index is 0.404. The van der Waals surface area contributed by atoms with Crippen LogP contribution in [0, 0.1) is 5.82 Å². The molecule has 0 aromatic carbocycles. The first-order chi connectivity index (χ1) is 6.31. The van der Waals surface area contributed by atoms with Crippen molar-refractivity contribution < 1.29 is 22.3 Å². The lowest BCUT2D eigenvalue weighted by Gasteiger charge is -2.10. The number of rotatable bonds is 1. The van der Waals surface area contributed by atoms with E-state index in [9.17, 15) is 17.6 Å². The Morgan fingerprint density at radius 1 is 1.43 bits per heavy atom. The summed E-state index contributed by atoms with van der Waals surface area (Å²) >= 11 is 5.20. The zero-order valence-electron chi connectivity index (χ0n) is 6.40. The molecule has 0 saturated carbocycles. The van der Waals surface area contributed by atoms with Gasteiger partial charge in [0.1, 0.15) is 10.8 Å². The molecule has 14 heavy (non-hydrogen) atoms. The summed E-state index contributed by atoms with van der Waals surface area (Å²) in [6.45, 7) is 0. The van der Waals surface area contributed by atoms with E-state index in [1.165, 1.54) is 0 Å². The van der Waals surface area contributed by atoms with Gasteiger partial charge in [-0.05, 0) is 0 Å². The number of alkyl halides is 3. The third kappa shape index (κ3) is 2.38. The number of halogens is 5. The molecular formula is C6H3ClF4N2O. The van der Waals surface area contributed by atoms with Gasteiger partial charge in [-0.25, -0.2) is 9.37 Å². The van der Waals surface area contributed by atoms with E-state index in [4.69, 9.17) is 17.3 Å². The van der Waals surface area contributed by atoms with Crippen LogP contribution in [0.4, 0.5) is 23.4 Å². The Morgan fingerprint density at radius 3 is 2.50 bits per heavy atom. The van der Waals surface area contributed by atoms with Gasteiger partial charge in [0.2, 0.25) is 0 Å². The molecule has 0 amide bonds.